The Bertz CT molecular complexity index is 119. The molecule has 0 aliphatic rings. The molecule has 0 rings (SSSR count). The van der Waals surface area contributed by atoms with Crippen molar-refractivity contribution in [2.75, 3.05) is 5.75 Å². The van der Waals surface area contributed by atoms with Gasteiger partial charge >= 0.3 is 29.6 Å². The molecule has 49 valence electrons. The summed E-state index contributed by atoms with van der Waals surface area (Å²) < 4.78 is 26.9. The summed E-state index contributed by atoms with van der Waals surface area (Å²) in [6, 6.07) is 0. The zero-order valence-corrected chi connectivity index (χ0v) is 5.57. The van der Waals surface area contributed by atoms with Crippen molar-refractivity contribution in [3.63, 3.8) is 0 Å². The molecule has 0 spiro atoms. The second-order valence-electron chi connectivity index (χ2n) is 0.871. The van der Waals surface area contributed by atoms with Gasteiger partial charge in [0.1, 0.15) is 0 Å². The molecule has 0 aliphatic carbocycles. The van der Waals surface area contributed by atoms with Crippen LogP contribution in [0, 0.1) is 0 Å². The van der Waals surface area contributed by atoms with Crippen molar-refractivity contribution in [3.8, 4) is 0 Å². The van der Waals surface area contributed by atoms with Crippen LogP contribution in [0.15, 0.2) is 0 Å². The van der Waals surface area contributed by atoms with E-state index in [-0.39, 0.29) is 52.1 Å². The minimum atomic E-state index is -3.66. The molecule has 0 unspecified atom stereocenters. The Morgan fingerprint density at radius 2 is 1.62 bits per heavy atom. The maximum absolute atomic E-state index is 9.56. The Hall–Kier alpha value is 1.42. The average Bonchev–Trinajstić information content (AvgIpc) is 1.35. The molecule has 0 aromatic heterocycles. The fourth-order valence-corrected chi connectivity index (χ4v) is 0. The van der Waals surface area contributed by atoms with Crippen LogP contribution >= 0.6 is 0 Å². The Morgan fingerprint density at radius 1 is 1.50 bits per heavy atom. The van der Waals surface area contributed by atoms with Gasteiger partial charge < -0.3 is 0 Å². The van der Waals surface area contributed by atoms with Crippen LogP contribution in [0.25, 0.3) is 0 Å². The van der Waals surface area contributed by atoms with E-state index in [2.05, 4.69) is 0 Å². The third-order valence-corrected chi connectivity index (χ3v) is 1.09. The second-order valence-corrected chi connectivity index (χ2v) is 2.61. The van der Waals surface area contributed by atoms with Gasteiger partial charge in [0.25, 0.3) is 10.1 Å². The summed E-state index contributed by atoms with van der Waals surface area (Å²) in [5, 5.41) is 0. The molecule has 1 radical (unpaired) electrons. The standard InChI is InChI=1S/C2H6O3S.Co.Na.H/c1-2-6(3,4)5;;;/h2H2,1H3,(H,3,4,5);;;. The van der Waals surface area contributed by atoms with Gasteiger partial charge in [-0.2, -0.15) is 8.42 Å². The summed E-state index contributed by atoms with van der Waals surface area (Å²) in [4.78, 5) is 0. The van der Waals surface area contributed by atoms with E-state index in [1.165, 1.54) is 6.92 Å². The Balaban J connectivity index is -0.000000125. The molecule has 0 aromatic rings. The van der Waals surface area contributed by atoms with Crippen molar-refractivity contribution in [1.29, 1.82) is 0 Å². The topological polar surface area (TPSA) is 54.4 Å². The van der Waals surface area contributed by atoms with E-state index in [0.717, 1.165) is 0 Å². The van der Waals surface area contributed by atoms with Crippen LogP contribution in [-0.2, 0) is 26.9 Å². The number of hydrogen-bond donors (Lipinski definition) is 1. The summed E-state index contributed by atoms with van der Waals surface area (Å²) >= 11 is 0. The van der Waals surface area contributed by atoms with Crippen LogP contribution in [0.4, 0.5) is 0 Å². The molecule has 1 N–H and O–H groups in total. The van der Waals surface area contributed by atoms with E-state index in [4.69, 9.17) is 4.55 Å². The summed E-state index contributed by atoms with van der Waals surface area (Å²) in [5.74, 6) is -0.201. The molecule has 3 nitrogen and oxygen atoms in total. The quantitative estimate of drug-likeness (QED) is 0.440. The SMILES string of the molecule is CCS(=O)(=O)O.[Co].[NaH]. The van der Waals surface area contributed by atoms with Crippen molar-refractivity contribution in [2.45, 2.75) is 6.92 Å². The van der Waals surface area contributed by atoms with Gasteiger partial charge in [0.05, 0.1) is 5.75 Å². The first-order chi connectivity index (χ1) is 2.56. The molecule has 8 heavy (non-hydrogen) atoms. The number of rotatable bonds is 1. The van der Waals surface area contributed by atoms with Gasteiger partial charge in [-0.3, -0.25) is 4.55 Å². The van der Waals surface area contributed by atoms with Crippen molar-refractivity contribution in [3.05, 3.63) is 0 Å². The van der Waals surface area contributed by atoms with Gasteiger partial charge in [0.15, 0.2) is 0 Å². The molecule has 0 aliphatic heterocycles. The zero-order chi connectivity index (χ0) is 5.21. The van der Waals surface area contributed by atoms with E-state index in [0.29, 0.717) is 0 Å². The van der Waals surface area contributed by atoms with Crippen LogP contribution in [0.3, 0.4) is 0 Å². The first-order valence-electron chi connectivity index (χ1n) is 1.51. The molecule has 0 amide bonds. The van der Waals surface area contributed by atoms with E-state index in [9.17, 15) is 8.42 Å². The fourth-order valence-electron chi connectivity index (χ4n) is 0. The van der Waals surface area contributed by atoms with E-state index < -0.39 is 10.1 Å². The molecule has 0 atom stereocenters. The molecule has 0 saturated carbocycles. The van der Waals surface area contributed by atoms with Gasteiger partial charge in [0.2, 0.25) is 0 Å². The fraction of sp³-hybridized carbons (Fsp3) is 1.00. The molecular weight excluding hydrogens is 186 g/mol. The van der Waals surface area contributed by atoms with Gasteiger partial charge in [-0.05, 0) is 6.92 Å². The first-order valence-corrected chi connectivity index (χ1v) is 3.12. The van der Waals surface area contributed by atoms with Gasteiger partial charge in [-0.15, -0.1) is 0 Å². The number of hydrogen-bond acceptors (Lipinski definition) is 2. The summed E-state index contributed by atoms with van der Waals surface area (Å²) in [6.45, 7) is 1.37. The first kappa shape index (κ1) is 16.2. The van der Waals surface area contributed by atoms with Crippen LogP contribution in [-0.4, -0.2) is 48.3 Å². The molecule has 0 saturated heterocycles. The van der Waals surface area contributed by atoms with Gasteiger partial charge in [-0.25, -0.2) is 0 Å². The molecular formula is C2H7CoNaO3S. The zero-order valence-electron chi connectivity index (χ0n) is 3.71. The van der Waals surface area contributed by atoms with E-state index in [1.807, 2.05) is 0 Å². The predicted molar refractivity (Wildman–Crippen MR) is 29.2 cm³/mol. The average molecular weight is 193 g/mol. The molecule has 6 heteroatoms. The van der Waals surface area contributed by atoms with Crippen LogP contribution in [0.2, 0.25) is 0 Å². The maximum atomic E-state index is 9.56. The van der Waals surface area contributed by atoms with Crippen molar-refractivity contribution >= 4 is 39.7 Å². The summed E-state index contributed by atoms with van der Waals surface area (Å²) in [5.41, 5.74) is 0. The third kappa shape index (κ3) is 15.7. The normalized spacial score (nSPS) is 8.75. The summed E-state index contributed by atoms with van der Waals surface area (Å²) in [7, 11) is -3.66. The summed E-state index contributed by atoms with van der Waals surface area (Å²) in [6.07, 6.45) is 0. The molecule has 0 bridgehead atoms. The van der Waals surface area contributed by atoms with Gasteiger partial charge in [0, 0.05) is 16.8 Å². The van der Waals surface area contributed by atoms with Crippen molar-refractivity contribution < 1.29 is 29.7 Å². The van der Waals surface area contributed by atoms with Crippen LogP contribution in [0.5, 0.6) is 0 Å². The van der Waals surface area contributed by atoms with Crippen molar-refractivity contribution in [1.82, 2.24) is 0 Å². The van der Waals surface area contributed by atoms with Crippen molar-refractivity contribution in [2.24, 2.45) is 0 Å². The van der Waals surface area contributed by atoms with E-state index in [1.54, 1.807) is 0 Å². The predicted octanol–water partition coefficient (Wildman–Crippen LogP) is -0.757. The van der Waals surface area contributed by atoms with E-state index >= 15 is 0 Å². The third-order valence-electron chi connectivity index (χ3n) is 0.365. The van der Waals surface area contributed by atoms with Crippen LogP contribution < -0.4 is 0 Å². The van der Waals surface area contributed by atoms with Gasteiger partial charge in [-0.1, -0.05) is 0 Å². The Labute approximate surface area is 81.5 Å². The van der Waals surface area contributed by atoms with Crippen LogP contribution in [0.1, 0.15) is 6.92 Å². The molecule has 0 aromatic carbocycles. The molecule has 0 fully saturated rings. The molecule has 0 heterocycles. The second kappa shape index (κ2) is 6.54. The Kier molecular flexibility index (Phi) is 13.2. The Morgan fingerprint density at radius 3 is 1.62 bits per heavy atom. The minimum absolute atomic E-state index is 0. The monoisotopic (exact) mass is 193 g/mol.